The number of carbonyl (C=O) groups is 2. The van der Waals surface area contributed by atoms with Crippen molar-refractivity contribution in [1.82, 2.24) is 10.2 Å². The van der Waals surface area contributed by atoms with Crippen molar-refractivity contribution in [1.29, 1.82) is 0 Å². The fourth-order valence-electron chi connectivity index (χ4n) is 2.80. The number of hydrogen-bond acceptors (Lipinski definition) is 3. The third kappa shape index (κ3) is 4.04. The highest BCUT2D eigenvalue weighted by molar-refractivity contribution is 8.00. The number of amides is 2. The van der Waals surface area contributed by atoms with Crippen molar-refractivity contribution in [2.75, 3.05) is 5.75 Å². The summed E-state index contributed by atoms with van der Waals surface area (Å²) in [5.41, 5.74) is 1.55. The van der Waals surface area contributed by atoms with Crippen LogP contribution in [0.2, 0.25) is 0 Å². The molecule has 0 bridgehead atoms. The largest absolute Gasteiger partial charge is 0.350 e. The first-order chi connectivity index (χ1) is 12.5. The summed E-state index contributed by atoms with van der Waals surface area (Å²) in [5.74, 6) is -0.835. The molecule has 2 aromatic carbocycles. The zero-order valence-corrected chi connectivity index (χ0v) is 14.9. The average molecular weight is 376 g/mol. The highest BCUT2D eigenvalue weighted by Crippen LogP contribution is 2.39. The summed E-state index contributed by atoms with van der Waals surface area (Å²) in [6, 6.07) is 11.1. The number of hydrogen-bond donors (Lipinski definition) is 1. The Hall–Kier alpha value is -2.41. The van der Waals surface area contributed by atoms with E-state index >= 15 is 0 Å². The molecule has 2 amide bonds. The minimum atomic E-state index is -0.673. The number of nitrogens with one attached hydrogen (secondary N) is 1. The first-order valence-electron chi connectivity index (χ1n) is 8.16. The lowest BCUT2D eigenvalue weighted by molar-refractivity contribution is -0.137. The van der Waals surface area contributed by atoms with E-state index in [1.165, 1.54) is 40.9 Å². The molecule has 1 saturated heterocycles. The molecule has 0 spiro atoms. The fourth-order valence-corrected chi connectivity index (χ4v) is 4.06. The summed E-state index contributed by atoms with van der Waals surface area (Å²) in [5, 5.41) is 2.45. The molecule has 1 fully saturated rings. The number of carbonyl (C=O) groups excluding carboxylic acids is 2. The molecule has 3 rings (SSSR count). The first-order valence-corrected chi connectivity index (χ1v) is 9.21. The van der Waals surface area contributed by atoms with Crippen LogP contribution in [-0.4, -0.2) is 28.5 Å². The van der Waals surface area contributed by atoms with E-state index in [1.54, 1.807) is 31.2 Å². The minimum Gasteiger partial charge on any atom is -0.350 e. The van der Waals surface area contributed by atoms with Gasteiger partial charge in [0.05, 0.1) is 5.75 Å². The molecule has 1 aliphatic rings. The van der Waals surface area contributed by atoms with Crippen LogP contribution in [0.3, 0.4) is 0 Å². The SMILES string of the molecule is C[C@H](C(=O)NCc1ccc(F)cc1)N1C(=O)CS[C@H]1c1ccc(F)cc1. The summed E-state index contributed by atoms with van der Waals surface area (Å²) >= 11 is 1.41. The van der Waals surface area contributed by atoms with Crippen molar-refractivity contribution in [3.05, 3.63) is 71.3 Å². The number of thioether (sulfide) groups is 1. The second-order valence-electron chi connectivity index (χ2n) is 6.04. The van der Waals surface area contributed by atoms with Gasteiger partial charge >= 0.3 is 0 Å². The van der Waals surface area contributed by atoms with Crippen LogP contribution in [0.15, 0.2) is 48.5 Å². The molecule has 1 heterocycles. The molecular formula is C19H18F2N2O2S. The summed E-state index contributed by atoms with van der Waals surface area (Å²) in [4.78, 5) is 26.3. The van der Waals surface area contributed by atoms with Crippen molar-refractivity contribution < 1.29 is 18.4 Å². The molecule has 0 radical (unpaired) electrons. The summed E-state index contributed by atoms with van der Waals surface area (Å²) in [6.45, 7) is 1.92. The molecule has 0 aromatic heterocycles. The maximum atomic E-state index is 13.1. The molecule has 0 unspecified atom stereocenters. The highest BCUT2D eigenvalue weighted by atomic mass is 32.2. The first kappa shape index (κ1) is 18.4. The van der Waals surface area contributed by atoms with Crippen LogP contribution in [0.4, 0.5) is 8.78 Å². The molecule has 136 valence electrons. The predicted octanol–water partition coefficient (Wildman–Crippen LogP) is 3.24. The van der Waals surface area contributed by atoms with Gasteiger partial charge in [0, 0.05) is 6.54 Å². The Balaban J connectivity index is 1.68. The molecule has 7 heteroatoms. The van der Waals surface area contributed by atoms with E-state index in [0.717, 1.165) is 11.1 Å². The molecule has 0 saturated carbocycles. The Bertz CT molecular complexity index is 796. The number of rotatable bonds is 5. The number of benzene rings is 2. The summed E-state index contributed by atoms with van der Waals surface area (Å²) in [6.07, 6.45) is 0. The van der Waals surface area contributed by atoms with E-state index in [4.69, 9.17) is 0 Å². The normalized spacial score (nSPS) is 18.0. The number of halogens is 2. The van der Waals surface area contributed by atoms with Crippen molar-refractivity contribution in [2.24, 2.45) is 0 Å². The van der Waals surface area contributed by atoms with Gasteiger partial charge in [0.1, 0.15) is 23.1 Å². The highest BCUT2D eigenvalue weighted by Gasteiger charge is 2.38. The Morgan fingerprint density at radius 1 is 1.15 bits per heavy atom. The van der Waals surface area contributed by atoms with Gasteiger partial charge in [-0.25, -0.2) is 8.78 Å². The van der Waals surface area contributed by atoms with E-state index in [9.17, 15) is 18.4 Å². The fraction of sp³-hybridized carbons (Fsp3) is 0.263. The average Bonchev–Trinajstić information content (AvgIpc) is 3.02. The lowest BCUT2D eigenvalue weighted by Gasteiger charge is -2.29. The van der Waals surface area contributed by atoms with Gasteiger partial charge in [-0.05, 0) is 42.3 Å². The van der Waals surface area contributed by atoms with E-state index in [2.05, 4.69) is 5.32 Å². The molecule has 2 aromatic rings. The Morgan fingerprint density at radius 2 is 1.73 bits per heavy atom. The van der Waals surface area contributed by atoms with Crippen LogP contribution in [0.1, 0.15) is 23.4 Å². The predicted molar refractivity (Wildman–Crippen MR) is 96.2 cm³/mol. The Morgan fingerprint density at radius 3 is 2.35 bits per heavy atom. The van der Waals surface area contributed by atoms with Gasteiger partial charge in [-0.15, -0.1) is 11.8 Å². The van der Waals surface area contributed by atoms with Crippen LogP contribution in [0.5, 0.6) is 0 Å². The third-order valence-corrected chi connectivity index (χ3v) is 5.47. The lowest BCUT2D eigenvalue weighted by atomic mass is 10.1. The van der Waals surface area contributed by atoms with Crippen molar-refractivity contribution >= 4 is 23.6 Å². The van der Waals surface area contributed by atoms with Crippen LogP contribution in [0, 0.1) is 11.6 Å². The zero-order chi connectivity index (χ0) is 18.7. The standard InChI is InChI=1S/C19H18F2N2O2S/c1-12(18(25)22-10-13-2-6-15(20)7-3-13)23-17(24)11-26-19(23)14-4-8-16(21)9-5-14/h2-9,12,19H,10-11H2,1H3,(H,22,25)/t12-,19+/m1/s1. The van der Waals surface area contributed by atoms with Crippen LogP contribution in [-0.2, 0) is 16.1 Å². The number of nitrogens with zero attached hydrogens (tertiary/aromatic N) is 1. The minimum absolute atomic E-state index is 0.131. The topological polar surface area (TPSA) is 49.4 Å². The van der Waals surface area contributed by atoms with Gasteiger partial charge in [0.25, 0.3) is 0 Å². The molecule has 0 aliphatic carbocycles. The smallest absolute Gasteiger partial charge is 0.242 e. The van der Waals surface area contributed by atoms with E-state index < -0.39 is 6.04 Å². The summed E-state index contributed by atoms with van der Waals surface area (Å²) in [7, 11) is 0. The van der Waals surface area contributed by atoms with Gasteiger partial charge in [-0.1, -0.05) is 24.3 Å². The molecule has 4 nitrogen and oxygen atoms in total. The Kier molecular flexibility index (Phi) is 5.56. The third-order valence-electron chi connectivity index (χ3n) is 4.24. The Labute approximate surface area is 154 Å². The van der Waals surface area contributed by atoms with Crippen molar-refractivity contribution in [2.45, 2.75) is 24.9 Å². The molecule has 1 aliphatic heterocycles. The van der Waals surface area contributed by atoms with Crippen molar-refractivity contribution in [3.63, 3.8) is 0 Å². The van der Waals surface area contributed by atoms with Crippen LogP contribution < -0.4 is 5.32 Å². The van der Waals surface area contributed by atoms with Gasteiger partial charge in [0.2, 0.25) is 11.8 Å². The van der Waals surface area contributed by atoms with Gasteiger partial charge < -0.3 is 10.2 Å². The van der Waals surface area contributed by atoms with Crippen LogP contribution >= 0.6 is 11.8 Å². The van der Waals surface area contributed by atoms with E-state index in [-0.39, 0.29) is 41.1 Å². The second-order valence-corrected chi connectivity index (χ2v) is 7.10. The molecule has 1 N–H and O–H groups in total. The lowest BCUT2D eigenvalue weighted by Crippen LogP contribution is -2.46. The summed E-state index contributed by atoms with van der Waals surface area (Å²) < 4.78 is 26.1. The zero-order valence-electron chi connectivity index (χ0n) is 14.1. The molecule has 26 heavy (non-hydrogen) atoms. The molecular weight excluding hydrogens is 358 g/mol. The van der Waals surface area contributed by atoms with Gasteiger partial charge in [-0.3, -0.25) is 9.59 Å². The van der Waals surface area contributed by atoms with Gasteiger partial charge in [-0.2, -0.15) is 0 Å². The monoisotopic (exact) mass is 376 g/mol. The quantitative estimate of drug-likeness (QED) is 0.872. The van der Waals surface area contributed by atoms with E-state index in [0.29, 0.717) is 0 Å². The van der Waals surface area contributed by atoms with Crippen molar-refractivity contribution in [3.8, 4) is 0 Å². The molecule has 2 atom stereocenters. The second kappa shape index (κ2) is 7.86. The van der Waals surface area contributed by atoms with Gasteiger partial charge in [0.15, 0.2) is 0 Å². The maximum absolute atomic E-state index is 13.1. The van der Waals surface area contributed by atoms with E-state index in [1.807, 2.05) is 0 Å². The van der Waals surface area contributed by atoms with Crippen LogP contribution in [0.25, 0.3) is 0 Å². The maximum Gasteiger partial charge on any atom is 0.242 e.